The molecular weight excluding hydrogens is 488 g/mol. The lowest BCUT2D eigenvalue weighted by Crippen LogP contribution is -2.09. The normalized spacial score (nSPS) is 12.6. The van der Waals surface area contributed by atoms with Crippen LogP contribution in [-0.4, -0.2) is 0 Å². The molecule has 39 heavy (non-hydrogen) atoms. The Kier molecular flexibility index (Phi) is 6.36. The molecule has 0 fully saturated rings. The third kappa shape index (κ3) is 4.60. The van der Waals surface area contributed by atoms with Crippen molar-refractivity contribution in [2.24, 2.45) is 0 Å². The second-order valence-corrected chi connectivity index (χ2v) is 11.2. The highest BCUT2D eigenvalue weighted by Gasteiger charge is 2.27. The van der Waals surface area contributed by atoms with Crippen LogP contribution in [0.25, 0.3) is 11.1 Å². The van der Waals surface area contributed by atoms with E-state index >= 15 is 0 Å². The van der Waals surface area contributed by atoms with Gasteiger partial charge in [-0.25, -0.2) is 0 Å². The number of rotatable bonds is 5. The second kappa shape index (κ2) is 10.4. The van der Waals surface area contributed by atoms with Crippen LogP contribution in [0, 0.1) is 0 Å². The van der Waals surface area contributed by atoms with Crippen LogP contribution in [0.2, 0.25) is 0 Å². The van der Waals surface area contributed by atoms with E-state index in [9.17, 15) is 0 Å². The fourth-order valence-corrected chi connectivity index (χ4v) is 7.01. The molecule has 0 saturated carbocycles. The SMILES string of the molecule is c1ccc(C(c2ccccc2)c2ccc(-c3ccc(C4c5ccccc5Sc5ccccc54)cc3)cc2)cc1. The minimum absolute atomic E-state index is 0.216. The van der Waals surface area contributed by atoms with Crippen LogP contribution in [0.15, 0.2) is 168 Å². The summed E-state index contributed by atoms with van der Waals surface area (Å²) in [6.07, 6.45) is 0. The first kappa shape index (κ1) is 23.8. The van der Waals surface area contributed by atoms with Gasteiger partial charge in [0.25, 0.3) is 0 Å². The van der Waals surface area contributed by atoms with Gasteiger partial charge in [0, 0.05) is 21.6 Å². The average Bonchev–Trinajstić information content (AvgIpc) is 3.02. The van der Waals surface area contributed by atoms with Crippen molar-refractivity contribution in [3.8, 4) is 11.1 Å². The third-order valence-corrected chi connectivity index (χ3v) is 8.95. The zero-order chi connectivity index (χ0) is 26.0. The number of benzene rings is 6. The summed E-state index contributed by atoms with van der Waals surface area (Å²) in [5, 5.41) is 0. The summed E-state index contributed by atoms with van der Waals surface area (Å²) in [6, 6.07) is 57.6. The van der Waals surface area contributed by atoms with Crippen LogP contribution >= 0.6 is 11.8 Å². The van der Waals surface area contributed by atoms with Gasteiger partial charge in [0.15, 0.2) is 0 Å². The van der Waals surface area contributed by atoms with E-state index in [1.54, 1.807) is 0 Å². The average molecular weight is 517 g/mol. The van der Waals surface area contributed by atoms with E-state index in [-0.39, 0.29) is 11.8 Å². The van der Waals surface area contributed by atoms with Crippen molar-refractivity contribution in [1.29, 1.82) is 0 Å². The highest BCUT2D eigenvalue weighted by atomic mass is 32.2. The molecule has 186 valence electrons. The third-order valence-electron chi connectivity index (χ3n) is 7.77. The van der Waals surface area contributed by atoms with Crippen LogP contribution in [0.1, 0.15) is 45.2 Å². The maximum atomic E-state index is 2.31. The molecule has 0 unspecified atom stereocenters. The molecule has 0 aliphatic carbocycles. The molecule has 1 heterocycles. The molecule has 0 N–H and O–H groups in total. The quantitative estimate of drug-likeness (QED) is 0.205. The highest BCUT2D eigenvalue weighted by molar-refractivity contribution is 7.99. The molecular formula is C38H28S. The van der Waals surface area contributed by atoms with Crippen molar-refractivity contribution in [2.45, 2.75) is 21.6 Å². The molecule has 1 heteroatoms. The summed E-state index contributed by atoms with van der Waals surface area (Å²) in [4.78, 5) is 2.71. The van der Waals surface area contributed by atoms with E-state index in [1.807, 2.05) is 11.8 Å². The first-order valence-corrected chi connectivity index (χ1v) is 14.3. The van der Waals surface area contributed by atoms with E-state index in [0.29, 0.717) is 0 Å². The van der Waals surface area contributed by atoms with E-state index in [4.69, 9.17) is 0 Å². The van der Waals surface area contributed by atoms with Crippen LogP contribution in [0.4, 0.5) is 0 Å². The molecule has 0 spiro atoms. The molecule has 0 aromatic heterocycles. The molecule has 1 aliphatic rings. The van der Waals surface area contributed by atoms with Crippen molar-refractivity contribution in [2.75, 3.05) is 0 Å². The Labute approximate surface area is 235 Å². The molecule has 6 aromatic carbocycles. The van der Waals surface area contributed by atoms with Gasteiger partial charge >= 0.3 is 0 Å². The van der Waals surface area contributed by atoms with Crippen molar-refractivity contribution in [3.63, 3.8) is 0 Å². The van der Waals surface area contributed by atoms with Gasteiger partial charge in [-0.05, 0) is 56.6 Å². The van der Waals surface area contributed by atoms with E-state index in [2.05, 4.69) is 158 Å². The van der Waals surface area contributed by atoms with Gasteiger partial charge < -0.3 is 0 Å². The van der Waals surface area contributed by atoms with Gasteiger partial charge in [-0.3, -0.25) is 0 Å². The summed E-state index contributed by atoms with van der Waals surface area (Å²) >= 11 is 1.88. The van der Waals surface area contributed by atoms with Gasteiger partial charge in [0.2, 0.25) is 0 Å². The largest absolute Gasteiger partial charge is 0.0895 e. The Morgan fingerprint density at radius 2 is 0.795 bits per heavy atom. The van der Waals surface area contributed by atoms with Crippen molar-refractivity contribution in [1.82, 2.24) is 0 Å². The molecule has 0 nitrogen and oxygen atoms in total. The van der Waals surface area contributed by atoms with Gasteiger partial charge in [-0.2, -0.15) is 0 Å². The predicted molar refractivity (Wildman–Crippen MR) is 164 cm³/mol. The zero-order valence-corrected chi connectivity index (χ0v) is 22.4. The van der Waals surface area contributed by atoms with Crippen LogP contribution in [-0.2, 0) is 0 Å². The van der Waals surface area contributed by atoms with E-state index < -0.39 is 0 Å². The first-order chi connectivity index (χ1) is 19.3. The molecule has 1 aliphatic heterocycles. The van der Waals surface area contributed by atoms with Crippen LogP contribution in [0.5, 0.6) is 0 Å². The maximum Gasteiger partial charge on any atom is 0.0362 e. The summed E-state index contributed by atoms with van der Waals surface area (Å²) in [7, 11) is 0. The Balaban J connectivity index is 1.21. The summed E-state index contributed by atoms with van der Waals surface area (Å²) in [6.45, 7) is 0. The Bertz CT molecular complexity index is 1620. The standard InChI is InChI=1S/C38H28S/c1-3-11-29(12-4-1)37(30-13-5-2-6-14-30)31-23-19-27(20-24-31)28-21-25-32(26-22-28)38-33-15-7-9-17-35(33)39-36-18-10-8-16-34(36)38/h1-26,37-38H. The van der Waals surface area contributed by atoms with Gasteiger partial charge in [0.05, 0.1) is 0 Å². The molecule has 0 atom stereocenters. The van der Waals surface area contributed by atoms with Gasteiger partial charge in [-0.15, -0.1) is 0 Å². The molecule has 0 saturated heterocycles. The number of fused-ring (bicyclic) bond motifs is 2. The summed E-state index contributed by atoms with van der Waals surface area (Å²) in [5.41, 5.74) is 10.5. The summed E-state index contributed by atoms with van der Waals surface area (Å²) in [5.74, 6) is 0.473. The Morgan fingerprint density at radius 3 is 1.31 bits per heavy atom. The lowest BCUT2D eigenvalue weighted by Gasteiger charge is -2.28. The lowest BCUT2D eigenvalue weighted by molar-refractivity contribution is 0.902. The van der Waals surface area contributed by atoms with Crippen LogP contribution in [0.3, 0.4) is 0 Å². The van der Waals surface area contributed by atoms with Gasteiger partial charge in [0.1, 0.15) is 0 Å². The smallest absolute Gasteiger partial charge is 0.0362 e. The fraction of sp³-hybridized carbons (Fsp3) is 0.0526. The highest BCUT2D eigenvalue weighted by Crippen LogP contribution is 2.48. The van der Waals surface area contributed by atoms with Crippen LogP contribution < -0.4 is 0 Å². The fourth-order valence-electron chi connectivity index (χ4n) is 5.87. The Morgan fingerprint density at radius 1 is 0.385 bits per heavy atom. The zero-order valence-electron chi connectivity index (χ0n) is 21.6. The minimum atomic E-state index is 0.216. The number of hydrogen-bond acceptors (Lipinski definition) is 1. The maximum absolute atomic E-state index is 2.31. The molecule has 0 radical (unpaired) electrons. The first-order valence-electron chi connectivity index (χ1n) is 13.5. The molecule has 0 bridgehead atoms. The second-order valence-electron chi connectivity index (χ2n) is 10.1. The predicted octanol–water partition coefficient (Wildman–Crippen LogP) is 10.2. The molecule has 7 rings (SSSR count). The summed E-state index contributed by atoms with van der Waals surface area (Å²) < 4.78 is 0. The van der Waals surface area contributed by atoms with Gasteiger partial charge in [-0.1, -0.05) is 157 Å². The van der Waals surface area contributed by atoms with Crippen molar-refractivity contribution in [3.05, 3.63) is 191 Å². The molecule has 0 amide bonds. The topological polar surface area (TPSA) is 0 Å². The van der Waals surface area contributed by atoms with E-state index in [1.165, 1.54) is 54.3 Å². The Hall–Kier alpha value is -4.33. The molecule has 6 aromatic rings. The number of hydrogen-bond donors (Lipinski definition) is 0. The van der Waals surface area contributed by atoms with E-state index in [0.717, 1.165) is 0 Å². The lowest BCUT2D eigenvalue weighted by atomic mass is 9.83. The monoisotopic (exact) mass is 516 g/mol. The van der Waals surface area contributed by atoms with Crippen molar-refractivity contribution < 1.29 is 0 Å². The van der Waals surface area contributed by atoms with Crippen molar-refractivity contribution >= 4 is 11.8 Å². The minimum Gasteiger partial charge on any atom is -0.0895 e.